The van der Waals surface area contributed by atoms with Crippen LogP contribution in [0.4, 0.5) is 11.5 Å². The third kappa shape index (κ3) is 2.46. The van der Waals surface area contributed by atoms with Crippen molar-refractivity contribution in [2.45, 2.75) is 0 Å². The Labute approximate surface area is 132 Å². The summed E-state index contributed by atoms with van der Waals surface area (Å²) in [7, 11) is 4.63. The van der Waals surface area contributed by atoms with E-state index < -0.39 is 11.2 Å². The number of nitrogens with zero attached hydrogens (tertiary/aromatic N) is 3. The highest BCUT2D eigenvalue weighted by Gasteiger charge is 2.18. The van der Waals surface area contributed by atoms with Crippen molar-refractivity contribution in [3.05, 3.63) is 56.7 Å². The van der Waals surface area contributed by atoms with Gasteiger partial charge in [0.05, 0.1) is 7.11 Å². The van der Waals surface area contributed by atoms with Gasteiger partial charge >= 0.3 is 5.69 Å². The third-order valence-electron chi connectivity index (χ3n) is 3.73. The Morgan fingerprint density at radius 1 is 1.09 bits per heavy atom. The van der Waals surface area contributed by atoms with E-state index in [0.29, 0.717) is 11.5 Å². The van der Waals surface area contributed by atoms with Gasteiger partial charge in [-0.05, 0) is 35.9 Å². The second-order valence-electron chi connectivity index (χ2n) is 5.12. The Morgan fingerprint density at radius 2 is 1.78 bits per heavy atom. The normalized spacial score (nSPS) is 12.9. The van der Waals surface area contributed by atoms with Gasteiger partial charge in [0.2, 0.25) is 0 Å². The molecule has 1 aromatic carbocycles. The molecular formula is C16H16N4O3. The zero-order valence-electron chi connectivity index (χ0n) is 13.0. The first-order valence-electron chi connectivity index (χ1n) is 6.98. The van der Waals surface area contributed by atoms with Crippen LogP contribution in [-0.2, 0) is 14.1 Å². The third-order valence-corrected chi connectivity index (χ3v) is 3.73. The van der Waals surface area contributed by atoms with Gasteiger partial charge < -0.3 is 10.1 Å². The molecule has 3 rings (SSSR count). The van der Waals surface area contributed by atoms with Crippen molar-refractivity contribution in [3.63, 3.8) is 0 Å². The second-order valence-corrected chi connectivity index (χ2v) is 5.12. The molecule has 0 saturated heterocycles. The molecule has 2 aromatic rings. The van der Waals surface area contributed by atoms with E-state index in [2.05, 4.69) is 10.3 Å². The summed E-state index contributed by atoms with van der Waals surface area (Å²) in [6.45, 7) is 0. The van der Waals surface area contributed by atoms with Crippen molar-refractivity contribution in [1.82, 2.24) is 9.13 Å². The van der Waals surface area contributed by atoms with Crippen molar-refractivity contribution in [2.75, 3.05) is 12.4 Å². The molecule has 0 spiro atoms. The number of anilines is 1. The number of hydrogen-bond acceptors (Lipinski definition) is 5. The zero-order valence-corrected chi connectivity index (χ0v) is 13.0. The quantitative estimate of drug-likeness (QED) is 0.905. The summed E-state index contributed by atoms with van der Waals surface area (Å²) in [6, 6.07) is 7.42. The standard InChI is InChI=1S/C16H16N4O3/c1-19-14-13(15(21)20(2)16(19)22)18-12(8-9-17-14)10-4-6-11(23-3)7-5-10/h4-9,18H,1-3H3. The van der Waals surface area contributed by atoms with E-state index in [0.717, 1.165) is 15.9 Å². The Kier molecular flexibility index (Phi) is 3.61. The molecule has 0 radical (unpaired) electrons. The zero-order chi connectivity index (χ0) is 16.6. The number of allylic oxidation sites excluding steroid dienone is 1. The number of nitrogens with one attached hydrogen (secondary N) is 1. The van der Waals surface area contributed by atoms with Crippen LogP contribution < -0.4 is 21.3 Å². The van der Waals surface area contributed by atoms with Crippen LogP contribution in [-0.4, -0.2) is 22.5 Å². The molecule has 0 aliphatic carbocycles. The van der Waals surface area contributed by atoms with E-state index in [1.165, 1.54) is 11.6 Å². The monoisotopic (exact) mass is 312 g/mol. The molecule has 2 heterocycles. The fraction of sp³-hybridized carbons (Fsp3) is 0.188. The molecule has 1 aliphatic heterocycles. The number of methoxy groups -OCH3 is 1. The summed E-state index contributed by atoms with van der Waals surface area (Å²) in [5, 5.41) is 3.09. The molecule has 0 amide bonds. The number of hydrogen-bond donors (Lipinski definition) is 1. The van der Waals surface area contributed by atoms with Gasteiger partial charge in [-0.25, -0.2) is 9.79 Å². The van der Waals surface area contributed by atoms with Crippen LogP contribution in [0.3, 0.4) is 0 Å². The van der Waals surface area contributed by atoms with Crippen LogP contribution in [0.1, 0.15) is 5.56 Å². The minimum Gasteiger partial charge on any atom is -0.497 e. The molecule has 118 valence electrons. The first-order valence-corrected chi connectivity index (χ1v) is 6.98. The number of benzene rings is 1. The number of rotatable bonds is 2. The fourth-order valence-electron chi connectivity index (χ4n) is 2.39. The van der Waals surface area contributed by atoms with Gasteiger partial charge in [-0.2, -0.15) is 0 Å². The molecule has 7 heteroatoms. The number of ether oxygens (including phenoxy) is 1. The largest absolute Gasteiger partial charge is 0.497 e. The maximum atomic E-state index is 12.4. The van der Waals surface area contributed by atoms with Crippen LogP contribution >= 0.6 is 0 Å². The molecule has 0 fully saturated rings. The lowest BCUT2D eigenvalue weighted by Gasteiger charge is -2.14. The maximum Gasteiger partial charge on any atom is 0.332 e. The summed E-state index contributed by atoms with van der Waals surface area (Å²) in [6.07, 6.45) is 3.32. The summed E-state index contributed by atoms with van der Waals surface area (Å²) < 4.78 is 7.54. The summed E-state index contributed by atoms with van der Waals surface area (Å²) >= 11 is 0. The van der Waals surface area contributed by atoms with Crippen LogP contribution in [0.15, 0.2) is 44.9 Å². The molecule has 0 saturated carbocycles. The lowest BCUT2D eigenvalue weighted by Crippen LogP contribution is -2.37. The maximum absolute atomic E-state index is 12.4. The SMILES string of the molecule is COc1ccc(C2=CC=Nc3c(c(=O)n(C)c(=O)n3C)N2)cc1. The average molecular weight is 312 g/mol. The van der Waals surface area contributed by atoms with Gasteiger partial charge in [0.1, 0.15) is 11.4 Å². The molecule has 0 atom stereocenters. The summed E-state index contributed by atoms with van der Waals surface area (Å²) in [5.74, 6) is 1.05. The molecule has 0 unspecified atom stereocenters. The number of aliphatic imine (C=N–C) groups is 1. The Morgan fingerprint density at radius 3 is 2.43 bits per heavy atom. The first kappa shape index (κ1) is 14.8. The van der Waals surface area contributed by atoms with Crippen LogP contribution in [0, 0.1) is 0 Å². The summed E-state index contributed by atoms with van der Waals surface area (Å²) in [5.41, 5.74) is 1.03. The lowest BCUT2D eigenvalue weighted by atomic mass is 10.1. The minimum absolute atomic E-state index is 0.269. The number of aromatic nitrogens is 2. The molecule has 1 aliphatic rings. The molecule has 0 bridgehead atoms. The Bertz CT molecular complexity index is 934. The van der Waals surface area contributed by atoms with Gasteiger partial charge in [0.25, 0.3) is 5.56 Å². The Hall–Kier alpha value is -3.09. The van der Waals surface area contributed by atoms with E-state index in [9.17, 15) is 9.59 Å². The molecule has 1 N–H and O–H groups in total. The smallest absolute Gasteiger partial charge is 0.332 e. The van der Waals surface area contributed by atoms with Crippen molar-refractivity contribution in [3.8, 4) is 5.75 Å². The Balaban J connectivity index is 2.11. The highest BCUT2D eigenvalue weighted by atomic mass is 16.5. The van der Waals surface area contributed by atoms with Gasteiger partial charge in [-0.3, -0.25) is 13.9 Å². The van der Waals surface area contributed by atoms with Crippen LogP contribution in [0.5, 0.6) is 5.75 Å². The van der Waals surface area contributed by atoms with Gasteiger partial charge in [-0.15, -0.1) is 0 Å². The lowest BCUT2D eigenvalue weighted by molar-refractivity contribution is 0.415. The van der Waals surface area contributed by atoms with Crippen LogP contribution in [0.25, 0.3) is 5.70 Å². The predicted molar refractivity (Wildman–Crippen MR) is 89.7 cm³/mol. The number of fused-ring (bicyclic) bond motifs is 1. The average Bonchev–Trinajstić information content (AvgIpc) is 2.81. The first-order chi connectivity index (χ1) is 11.0. The topological polar surface area (TPSA) is 77.6 Å². The minimum atomic E-state index is -0.416. The summed E-state index contributed by atoms with van der Waals surface area (Å²) in [4.78, 5) is 28.6. The van der Waals surface area contributed by atoms with E-state index in [1.54, 1.807) is 26.4 Å². The van der Waals surface area contributed by atoms with E-state index in [-0.39, 0.29) is 5.69 Å². The highest BCUT2D eigenvalue weighted by Crippen LogP contribution is 2.26. The molecular weight excluding hydrogens is 296 g/mol. The van der Waals surface area contributed by atoms with Crippen molar-refractivity contribution in [2.24, 2.45) is 19.1 Å². The highest BCUT2D eigenvalue weighted by molar-refractivity contribution is 5.94. The fourth-order valence-corrected chi connectivity index (χ4v) is 2.39. The molecule has 1 aromatic heterocycles. The predicted octanol–water partition coefficient (Wildman–Crippen LogP) is 1.26. The molecule has 7 nitrogen and oxygen atoms in total. The van der Waals surface area contributed by atoms with E-state index in [4.69, 9.17) is 4.74 Å². The van der Waals surface area contributed by atoms with E-state index >= 15 is 0 Å². The second kappa shape index (κ2) is 5.60. The van der Waals surface area contributed by atoms with Crippen molar-refractivity contribution >= 4 is 23.4 Å². The van der Waals surface area contributed by atoms with E-state index in [1.807, 2.05) is 24.3 Å². The molecule has 23 heavy (non-hydrogen) atoms. The van der Waals surface area contributed by atoms with Gasteiger partial charge in [-0.1, -0.05) is 0 Å². The van der Waals surface area contributed by atoms with Gasteiger partial charge in [0.15, 0.2) is 5.82 Å². The van der Waals surface area contributed by atoms with Gasteiger partial charge in [0, 0.05) is 26.0 Å². The van der Waals surface area contributed by atoms with Crippen LogP contribution in [0.2, 0.25) is 0 Å². The van der Waals surface area contributed by atoms with Crippen molar-refractivity contribution in [1.29, 1.82) is 0 Å². The van der Waals surface area contributed by atoms with Crippen molar-refractivity contribution < 1.29 is 4.74 Å².